The molecule has 1 N–H and O–H groups in total. The number of nitrogens with one attached hydrogen (secondary N) is 1. The molecule has 6 nitrogen and oxygen atoms in total. The lowest BCUT2D eigenvalue weighted by atomic mass is 10.1. The van der Waals surface area contributed by atoms with Crippen molar-refractivity contribution in [3.05, 3.63) is 47.2 Å². The number of piperazine rings is 1. The van der Waals surface area contributed by atoms with Gasteiger partial charge in [-0.2, -0.15) is 0 Å². The van der Waals surface area contributed by atoms with Gasteiger partial charge in [0, 0.05) is 36.2 Å². The molecule has 2 saturated heterocycles. The number of nitrogens with zero attached hydrogens (tertiary/aromatic N) is 4. The number of rotatable bonds is 6. The van der Waals surface area contributed by atoms with Gasteiger partial charge in [0.1, 0.15) is 5.82 Å². The first-order valence-electron chi connectivity index (χ1n) is 11.1. The summed E-state index contributed by atoms with van der Waals surface area (Å²) >= 11 is 1.67. The molecule has 1 aromatic heterocycles. The van der Waals surface area contributed by atoms with E-state index in [1.165, 1.54) is 5.56 Å². The summed E-state index contributed by atoms with van der Waals surface area (Å²) in [5, 5.41) is 0.841. The van der Waals surface area contributed by atoms with Crippen molar-refractivity contribution in [2.45, 2.75) is 37.1 Å². The highest BCUT2D eigenvalue weighted by atomic mass is 32.2. The van der Waals surface area contributed by atoms with Crippen molar-refractivity contribution < 1.29 is 9.69 Å². The standard InChI is InChI=1S/C23H31N5OS/c1-3-20-16-21(27-14-12-26(2)13-15-27)25-23(24-20)30-17-18-6-8-19(9-7-18)22(29)28-10-4-5-11-28/h6-9,16H,3-5,10-15,17H2,1-2H3/p+1. The Balaban J connectivity index is 1.40. The third-order valence-corrected chi connectivity index (χ3v) is 6.93. The SMILES string of the molecule is CCc1cc(N2CC[NH+](C)CC2)nc(SCc2ccc(C(=O)N3CCCC3)cc2)n1. The van der Waals surface area contributed by atoms with E-state index in [2.05, 4.69) is 37.1 Å². The maximum Gasteiger partial charge on any atom is 0.253 e. The molecule has 2 aromatic rings. The number of aryl methyl sites for hydroxylation is 1. The maximum atomic E-state index is 12.5. The molecule has 30 heavy (non-hydrogen) atoms. The van der Waals surface area contributed by atoms with Crippen molar-refractivity contribution in [1.29, 1.82) is 0 Å². The first-order valence-corrected chi connectivity index (χ1v) is 12.1. The van der Waals surface area contributed by atoms with E-state index in [9.17, 15) is 4.79 Å². The molecule has 0 radical (unpaired) electrons. The largest absolute Gasteiger partial charge is 0.345 e. The van der Waals surface area contributed by atoms with Crippen LogP contribution in [0.15, 0.2) is 35.5 Å². The van der Waals surface area contributed by atoms with Crippen LogP contribution in [0.3, 0.4) is 0 Å². The van der Waals surface area contributed by atoms with Crippen LogP contribution in [0.1, 0.15) is 41.4 Å². The summed E-state index contributed by atoms with van der Waals surface area (Å²) in [4.78, 5) is 28.0. The fourth-order valence-electron chi connectivity index (χ4n) is 3.98. The van der Waals surface area contributed by atoms with Crippen LogP contribution in [0.5, 0.6) is 0 Å². The minimum absolute atomic E-state index is 0.157. The lowest BCUT2D eigenvalue weighted by Gasteiger charge is -2.31. The van der Waals surface area contributed by atoms with E-state index in [-0.39, 0.29) is 5.91 Å². The Hall–Kier alpha value is -2.12. The Morgan fingerprint density at radius 2 is 1.77 bits per heavy atom. The third-order valence-electron chi connectivity index (χ3n) is 6.01. The van der Waals surface area contributed by atoms with Gasteiger partial charge in [-0.1, -0.05) is 30.8 Å². The van der Waals surface area contributed by atoms with E-state index in [4.69, 9.17) is 9.97 Å². The second kappa shape index (κ2) is 9.79. The van der Waals surface area contributed by atoms with Crippen LogP contribution in [-0.4, -0.2) is 67.1 Å². The molecule has 0 unspecified atom stereocenters. The molecule has 160 valence electrons. The fraction of sp³-hybridized carbons (Fsp3) is 0.522. The molecule has 1 aromatic carbocycles. The van der Waals surface area contributed by atoms with E-state index in [0.29, 0.717) is 0 Å². The highest BCUT2D eigenvalue weighted by Crippen LogP contribution is 2.24. The van der Waals surface area contributed by atoms with Gasteiger partial charge in [-0.3, -0.25) is 4.79 Å². The number of amides is 1. The highest BCUT2D eigenvalue weighted by molar-refractivity contribution is 7.98. The average Bonchev–Trinajstić information content (AvgIpc) is 3.33. The number of hydrogen-bond donors (Lipinski definition) is 1. The zero-order valence-corrected chi connectivity index (χ0v) is 18.9. The zero-order valence-electron chi connectivity index (χ0n) is 18.1. The topological polar surface area (TPSA) is 53.8 Å². The smallest absolute Gasteiger partial charge is 0.253 e. The number of likely N-dealkylation sites (tertiary alicyclic amines) is 1. The number of thioether (sulfide) groups is 1. The second-order valence-corrected chi connectivity index (χ2v) is 9.23. The van der Waals surface area contributed by atoms with Crippen LogP contribution >= 0.6 is 11.8 Å². The minimum atomic E-state index is 0.157. The Bertz CT molecular complexity index is 858. The van der Waals surface area contributed by atoms with Gasteiger partial charge in [0.15, 0.2) is 5.16 Å². The van der Waals surface area contributed by atoms with Crippen LogP contribution in [0.25, 0.3) is 0 Å². The maximum absolute atomic E-state index is 12.5. The first kappa shape index (κ1) is 21.1. The molecular formula is C23H32N5OS+. The van der Waals surface area contributed by atoms with Crippen molar-refractivity contribution in [1.82, 2.24) is 14.9 Å². The molecule has 0 atom stereocenters. The molecule has 3 heterocycles. The number of aromatic nitrogens is 2. The molecule has 4 rings (SSSR count). The monoisotopic (exact) mass is 426 g/mol. The predicted molar refractivity (Wildman–Crippen MR) is 121 cm³/mol. The Morgan fingerprint density at radius 3 is 2.43 bits per heavy atom. The van der Waals surface area contributed by atoms with Gasteiger partial charge in [-0.05, 0) is 37.0 Å². The second-order valence-electron chi connectivity index (χ2n) is 8.28. The van der Waals surface area contributed by atoms with Crippen molar-refractivity contribution in [3.63, 3.8) is 0 Å². The molecule has 2 aliphatic heterocycles. The van der Waals surface area contributed by atoms with E-state index in [1.54, 1.807) is 16.7 Å². The molecule has 7 heteroatoms. The summed E-state index contributed by atoms with van der Waals surface area (Å²) in [5.74, 6) is 2.02. The summed E-state index contributed by atoms with van der Waals surface area (Å²) in [7, 11) is 2.25. The van der Waals surface area contributed by atoms with Gasteiger partial charge in [0.25, 0.3) is 5.91 Å². The average molecular weight is 427 g/mol. The van der Waals surface area contributed by atoms with Crippen LogP contribution in [0.2, 0.25) is 0 Å². The van der Waals surface area contributed by atoms with E-state index in [1.807, 2.05) is 17.0 Å². The summed E-state index contributed by atoms with van der Waals surface area (Å²) in [6, 6.07) is 10.2. The highest BCUT2D eigenvalue weighted by Gasteiger charge is 2.20. The van der Waals surface area contributed by atoms with Crippen LogP contribution in [0, 0.1) is 0 Å². The van der Waals surface area contributed by atoms with Crippen LogP contribution in [0.4, 0.5) is 5.82 Å². The fourth-order valence-corrected chi connectivity index (χ4v) is 4.81. The third kappa shape index (κ3) is 5.13. The minimum Gasteiger partial charge on any atom is -0.345 e. The quantitative estimate of drug-likeness (QED) is 0.565. The zero-order chi connectivity index (χ0) is 20.9. The number of quaternary nitrogens is 1. The molecule has 0 spiro atoms. The molecule has 2 fully saturated rings. The first-order chi connectivity index (χ1) is 14.6. The van der Waals surface area contributed by atoms with Gasteiger partial charge in [0.2, 0.25) is 0 Å². The lowest BCUT2D eigenvalue weighted by Crippen LogP contribution is -3.12. The molecule has 0 aliphatic carbocycles. The van der Waals surface area contributed by atoms with Crippen LogP contribution in [-0.2, 0) is 12.2 Å². The number of carbonyl (C=O) groups excluding carboxylic acids is 1. The summed E-state index contributed by atoms with van der Waals surface area (Å²) in [6.45, 7) is 8.31. The number of anilines is 1. The summed E-state index contributed by atoms with van der Waals surface area (Å²) in [6.07, 6.45) is 3.15. The normalized spacial score (nSPS) is 17.5. The van der Waals surface area contributed by atoms with E-state index >= 15 is 0 Å². The number of likely N-dealkylation sites (N-methyl/N-ethyl adjacent to an activating group) is 1. The predicted octanol–water partition coefficient (Wildman–Crippen LogP) is 1.90. The molecule has 0 bridgehead atoms. The van der Waals surface area contributed by atoms with Gasteiger partial charge in [-0.25, -0.2) is 9.97 Å². The summed E-state index contributed by atoms with van der Waals surface area (Å²) in [5.41, 5.74) is 3.07. The molecule has 2 aliphatic rings. The van der Waals surface area contributed by atoms with E-state index in [0.717, 1.165) is 86.5 Å². The Kier molecular flexibility index (Phi) is 6.89. The molecular weight excluding hydrogens is 394 g/mol. The summed E-state index contributed by atoms with van der Waals surface area (Å²) < 4.78 is 0. The van der Waals surface area contributed by atoms with Crippen molar-refractivity contribution in [3.8, 4) is 0 Å². The van der Waals surface area contributed by atoms with Gasteiger partial charge < -0.3 is 14.7 Å². The van der Waals surface area contributed by atoms with Crippen LogP contribution < -0.4 is 9.80 Å². The van der Waals surface area contributed by atoms with Gasteiger partial charge >= 0.3 is 0 Å². The Morgan fingerprint density at radius 1 is 1.07 bits per heavy atom. The van der Waals surface area contributed by atoms with Gasteiger partial charge in [-0.15, -0.1) is 0 Å². The number of carbonyl (C=O) groups is 1. The molecule has 1 amide bonds. The van der Waals surface area contributed by atoms with E-state index < -0.39 is 0 Å². The molecule has 0 saturated carbocycles. The van der Waals surface area contributed by atoms with Crippen molar-refractivity contribution in [2.24, 2.45) is 0 Å². The van der Waals surface area contributed by atoms with Crippen molar-refractivity contribution >= 4 is 23.5 Å². The van der Waals surface area contributed by atoms with Crippen molar-refractivity contribution in [2.75, 3.05) is 51.2 Å². The lowest BCUT2D eigenvalue weighted by molar-refractivity contribution is -0.880. The Labute approximate surface area is 183 Å². The van der Waals surface area contributed by atoms with Gasteiger partial charge in [0.05, 0.1) is 33.2 Å². The number of benzene rings is 1. The number of hydrogen-bond acceptors (Lipinski definition) is 5.